The van der Waals surface area contributed by atoms with Gasteiger partial charge in [-0.1, -0.05) is 35.5 Å². The topological polar surface area (TPSA) is 75.9 Å². The second-order valence-corrected chi connectivity index (χ2v) is 6.12. The molecule has 2 heterocycles. The van der Waals surface area contributed by atoms with Gasteiger partial charge in [-0.05, 0) is 19.1 Å². The van der Waals surface area contributed by atoms with Gasteiger partial charge < -0.3 is 15.2 Å². The first-order chi connectivity index (χ1) is 14.0. The molecule has 2 aromatic heterocycles. The molecule has 146 valence electrons. The molecule has 0 bridgehead atoms. The van der Waals surface area contributed by atoms with Crippen molar-refractivity contribution in [2.24, 2.45) is 0 Å². The molecule has 0 aliphatic carbocycles. The van der Waals surface area contributed by atoms with Crippen molar-refractivity contribution in [1.82, 2.24) is 15.1 Å². The van der Waals surface area contributed by atoms with E-state index in [9.17, 15) is 13.2 Å². The standard InChI is InChI=1S/C20H14F3N5O/c1-11-9-17(28-29-11)26-16-10-15(12-5-3-2-4-6-12)25-20(27-16)24-14-8-7-13(21)18(22)19(14)23/h2-10H,1H3,(H2,24,25,26,27,28). The molecule has 9 heteroatoms. The summed E-state index contributed by atoms with van der Waals surface area (Å²) < 4.78 is 45.8. The lowest BCUT2D eigenvalue weighted by Gasteiger charge is -2.11. The van der Waals surface area contributed by atoms with Crippen molar-refractivity contribution in [2.75, 3.05) is 10.6 Å². The summed E-state index contributed by atoms with van der Waals surface area (Å²) in [4.78, 5) is 8.60. The van der Waals surface area contributed by atoms with Gasteiger partial charge in [0.15, 0.2) is 23.3 Å². The number of anilines is 4. The van der Waals surface area contributed by atoms with Gasteiger partial charge in [-0.3, -0.25) is 0 Å². The Morgan fingerprint density at radius 2 is 1.62 bits per heavy atom. The van der Waals surface area contributed by atoms with Crippen LogP contribution in [0.2, 0.25) is 0 Å². The smallest absolute Gasteiger partial charge is 0.229 e. The number of rotatable bonds is 5. The van der Waals surface area contributed by atoms with Crippen LogP contribution in [-0.4, -0.2) is 15.1 Å². The zero-order valence-corrected chi connectivity index (χ0v) is 15.1. The van der Waals surface area contributed by atoms with Crippen LogP contribution in [0.1, 0.15) is 5.76 Å². The molecule has 4 aromatic rings. The zero-order chi connectivity index (χ0) is 20.4. The quantitative estimate of drug-likeness (QED) is 0.443. The van der Waals surface area contributed by atoms with E-state index >= 15 is 0 Å². The molecular weight excluding hydrogens is 383 g/mol. The van der Waals surface area contributed by atoms with Crippen molar-refractivity contribution in [3.05, 3.63) is 77.8 Å². The maximum Gasteiger partial charge on any atom is 0.229 e. The van der Waals surface area contributed by atoms with E-state index in [4.69, 9.17) is 4.52 Å². The molecule has 0 atom stereocenters. The van der Waals surface area contributed by atoms with Gasteiger partial charge in [-0.25, -0.2) is 18.2 Å². The van der Waals surface area contributed by atoms with E-state index in [1.54, 1.807) is 19.1 Å². The summed E-state index contributed by atoms with van der Waals surface area (Å²) in [5, 5.41) is 9.41. The monoisotopic (exact) mass is 397 g/mol. The largest absolute Gasteiger partial charge is 0.360 e. The third-order valence-electron chi connectivity index (χ3n) is 3.96. The summed E-state index contributed by atoms with van der Waals surface area (Å²) in [6, 6.07) is 14.5. The molecule has 4 rings (SSSR count). The molecule has 0 saturated carbocycles. The molecular formula is C20H14F3N5O. The van der Waals surface area contributed by atoms with Crippen molar-refractivity contribution < 1.29 is 17.7 Å². The van der Waals surface area contributed by atoms with Gasteiger partial charge in [0.1, 0.15) is 11.6 Å². The second-order valence-electron chi connectivity index (χ2n) is 6.12. The van der Waals surface area contributed by atoms with Crippen molar-refractivity contribution in [3.8, 4) is 11.3 Å². The average molecular weight is 397 g/mol. The SMILES string of the molecule is Cc1cc(Nc2cc(-c3ccccc3)nc(Nc3ccc(F)c(F)c3F)n2)no1. The lowest BCUT2D eigenvalue weighted by molar-refractivity contribution is 0.400. The van der Waals surface area contributed by atoms with E-state index in [0.29, 0.717) is 23.1 Å². The van der Waals surface area contributed by atoms with Crippen LogP contribution in [0.3, 0.4) is 0 Å². The molecule has 2 N–H and O–H groups in total. The van der Waals surface area contributed by atoms with E-state index in [1.807, 2.05) is 30.3 Å². The lowest BCUT2D eigenvalue weighted by atomic mass is 10.1. The third-order valence-corrected chi connectivity index (χ3v) is 3.96. The number of halogens is 3. The molecule has 0 amide bonds. The van der Waals surface area contributed by atoms with E-state index in [1.165, 1.54) is 0 Å². The fourth-order valence-electron chi connectivity index (χ4n) is 2.62. The highest BCUT2D eigenvalue weighted by molar-refractivity contribution is 5.68. The number of benzene rings is 2. The fourth-order valence-corrected chi connectivity index (χ4v) is 2.62. The molecule has 29 heavy (non-hydrogen) atoms. The second kappa shape index (κ2) is 7.63. The fraction of sp³-hybridized carbons (Fsp3) is 0.0500. The van der Waals surface area contributed by atoms with E-state index in [-0.39, 0.29) is 11.6 Å². The number of hydrogen-bond acceptors (Lipinski definition) is 6. The first-order valence-corrected chi connectivity index (χ1v) is 8.55. The molecule has 6 nitrogen and oxygen atoms in total. The Kier molecular flexibility index (Phi) is 4.86. The van der Waals surface area contributed by atoms with E-state index in [0.717, 1.165) is 17.7 Å². The van der Waals surface area contributed by atoms with Crippen LogP contribution in [0.5, 0.6) is 0 Å². The maximum absolute atomic E-state index is 14.1. The van der Waals surface area contributed by atoms with E-state index in [2.05, 4.69) is 25.8 Å². The third kappa shape index (κ3) is 4.03. The highest BCUT2D eigenvalue weighted by atomic mass is 19.2. The van der Waals surface area contributed by atoms with Crippen molar-refractivity contribution in [3.63, 3.8) is 0 Å². The Balaban J connectivity index is 1.74. The van der Waals surface area contributed by atoms with Crippen molar-refractivity contribution in [1.29, 1.82) is 0 Å². The Morgan fingerprint density at radius 3 is 2.34 bits per heavy atom. The lowest BCUT2D eigenvalue weighted by Crippen LogP contribution is -2.05. The number of nitrogens with one attached hydrogen (secondary N) is 2. The summed E-state index contributed by atoms with van der Waals surface area (Å²) in [5.41, 5.74) is 1.01. The highest BCUT2D eigenvalue weighted by Crippen LogP contribution is 2.27. The van der Waals surface area contributed by atoms with Gasteiger partial charge in [0, 0.05) is 17.7 Å². The first-order valence-electron chi connectivity index (χ1n) is 8.55. The number of aromatic nitrogens is 3. The average Bonchev–Trinajstić information content (AvgIpc) is 3.13. The number of nitrogens with zero attached hydrogens (tertiary/aromatic N) is 3. The Morgan fingerprint density at radius 1 is 0.828 bits per heavy atom. The Labute approximate surface area is 163 Å². The van der Waals surface area contributed by atoms with Gasteiger partial charge in [-0.15, -0.1) is 0 Å². The zero-order valence-electron chi connectivity index (χ0n) is 15.1. The van der Waals surface area contributed by atoms with Gasteiger partial charge in [-0.2, -0.15) is 4.98 Å². The molecule has 0 aliphatic rings. The van der Waals surface area contributed by atoms with Crippen LogP contribution in [-0.2, 0) is 0 Å². The summed E-state index contributed by atoms with van der Waals surface area (Å²) in [7, 11) is 0. The Bertz CT molecular complexity index is 1160. The normalized spacial score (nSPS) is 10.8. The molecule has 0 unspecified atom stereocenters. The maximum atomic E-state index is 14.1. The van der Waals surface area contributed by atoms with Crippen LogP contribution in [0.25, 0.3) is 11.3 Å². The highest BCUT2D eigenvalue weighted by Gasteiger charge is 2.15. The molecule has 0 spiro atoms. The van der Waals surface area contributed by atoms with Gasteiger partial charge in [0.25, 0.3) is 0 Å². The minimum absolute atomic E-state index is 0.0148. The Hall–Kier alpha value is -3.88. The predicted octanol–water partition coefficient (Wildman–Crippen LogP) is 5.34. The molecule has 0 saturated heterocycles. The minimum Gasteiger partial charge on any atom is -0.360 e. The molecule has 0 fully saturated rings. The van der Waals surface area contributed by atoms with Crippen molar-refractivity contribution in [2.45, 2.75) is 6.92 Å². The minimum atomic E-state index is -1.58. The van der Waals surface area contributed by atoms with Crippen LogP contribution in [0, 0.1) is 24.4 Å². The van der Waals surface area contributed by atoms with E-state index < -0.39 is 17.5 Å². The summed E-state index contributed by atoms with van der Waals surface area (Å²) in [6.45, 7) is 1.74. The number of aryl methyl sites for hydroxylation is 1. The van der Waals surface area contributed by atoms with Crippen LogP contribution in [0.15, 0.2) is 59.1 Å². The van der Waals surface area contributed by atoms with Crippen LogP contribution < -0.4 is 10.6 Å². The van der Waals surface area contributed by atoms with Crippen LogP contribution >= 0.6 is 0 Å². The van der Waals surface area contributed by atoms with Gasteiger partial charge in [0.05, 0.1) is 11.4 Å². The first kappa shape index (κ1) is 18.5. The van der Waals surface area contributed by atoms with Crippen LogP contribution in [0.4, 0.5) is 36.4 Å². The predicted molar refractivity (Wildman–Crippen MR) is 102 cm³/mol. The van der Waals surface area contributed by atoms with Gasteiger partial charge >= 0.3 is 0 Å². The summed E-state index contributed by atoms with van der Waals surface area (Å²) in [5.74, 6) is -2.87. The molecule has 0 radical (unpaired) electrons. The van der Waals surface area contributed by atoms with Crippen molar-refractivity contribution >= 4 is 23.3 Å². The van der Waals surface area contributed by atoms with Gasteiger partial charge in [0.2, 0.25) is 5.95 Å². The number of hydrogen-bond donors (Lipinski definition) is 2. The molecule has 0 aliphatic heterocycles. The molecule has 2 aromatic carbocycles. The summed E-state index contributed by atoms with van der Waals surface area (Å²) in [6.07, 6.45) is 0. The summed E-state index contributed by atoms with van der Waals surface area (Å²) >= 11 is 0.